The quantitative estimate of drug-likeness (QED) is 0.608. The van der Waals surface area contributed by atoms with Gasteiger partial charge in [-0.15, -0.1) is 0 Å². The Balaban J connectivity index is 1.95. The summed E-state index contributed by atoms with van der Waals surface area (Å²) in [6, 6.07) is 3.59. The highest BCUT2D eigenvalue weighted by Gasteiger charge is 2.40. The molecule has 5 heteroatoms. The molecule has 0 heterocycles. The Hall–Kier alpha value is -1.49. The number of hydrogen-bond acceptors (Lipinski definition) is 3. The Morgan fingerprint density at radius 3 is 2.79 bits per heavy atom. The molecule has 1 N–H and O–H groups in total. The topological polar surface area (TPSA) is 55.2 Å². The fourth-order valence-corrected chi connectivity index (χ4v) is 2.56. The Morgan fingerprint density at radius 1 is 1.47 bits per heavy atom. The number of nitrogens with zero attached hydrogens (tertiary/aromatic N) is 1. The van der Waals surface area contributed by atoms with Gasteiger partial charge in [0.15, 0.2) is 0 Å². The summed E-state index contributed by atoms with van der Waals surface area (Å²) in [6.45, 7) is 3.37. The molecule has 0 spiro atoms. The standard InChI is InChI=1S/C14H19FN2O2/c1-2-5-14(6-7-14)10-16-9-11-8-12(15)3-4-13(11)17(18)19/h3-4,8,16H,2,5-7,9-10H2,1H3. The second-order valence-corrected chi connectivity index (χ2v) is 5.38. The van der Waals surface area contributed by atoms with Gasteiger partial charge in [0.1, 0.15) is 5.82 Å². The second-order valence-electron chi connectivity index (χ2n) is 5.38. The minimum absolute atomic E-state index is 0.0192. The molecule has 1 aliphatic rings. The molecule has 1 aromatic rings. The number of nitro benzene ring substituents is 1. The van der Waals surface area contributed by atoms with Crippen LogP contribution in [-0.2, 0) is 6.54 Å². The zero-order valence-electron chi connectivity index (χ0n) is 11.1. The molecule has 1 aliphatic carbocycles. The second kappa shape index (κ2) is 5.65. The molecule has 0 radical (unpaired) electrons. The average molecular weight is 266 g/mol. The summed E-state index contributed by atoms with van der Waals surface area (Å²) in [4.78, 5) is 10.4. The van der Waals surface area contributed by atoms with Gasteiger partial charge < -0.3 is 5.32 Å². The van der Waals surface area contributed by atoms with E-state index in [-0.39, 0.29) is 5.69 Å². The van der Waals surface area contributed by atoms with E-state index in [2.05, 4.69) is 12.2 Å². The zero-order chi connectivity index (χ0) is 13.9. The molecule has 19 heavy (non-hydrogen) atoms. The fourth-order valence-electron chi connectivity index (χ4n) is 2.56. The molecule has 0 bridgehead atoms. The van der Waals surface area contributed by atoms with Crippen LogP contribution in [0.4, 0.5) is 10.1 Å². The van der Waals surface area contributed by atoms with E-state index in [0.717, 1.165) is 19.0 Å². The largest absolute Gasteiger partial charge is 0.312 e. The van der Waals surface area contributed by atoms with Crippen LogP contribution in [0.2, 0.25) is 0 Å². The summed E-state index contributed by atoms with van der Waals surface area (Å²) in [5, 5.41) is 14.1. The molecule has 1 aromatic carbocycles. The molecule has 104 valence electrons. The number of nitro groups is 1. The third-order valence-corrected chi connectivity index (χ3v) is 3.79. The van der Waals surface area contributed by atoms with E-state index >= 15 is 0 Å². The predicted molar refractivity (Wildman–Crippen MR) is 71.3 cm³/mol. The third-order valence-electron chi connectivity index (χ3n) is 3.79. The van der Waals surface area contributed by atoms with Crippen molar-refractivity contribution in [3.05, 3.63) is 39.7 Å². The molecule has 0 saturated heterocycles. The van der Waals surface area contributed by atoms with Crippen LogP contribution in [0.15, 0.2) is 18.2 Å². The number of hydrogen-bond donors (Lipinski definition) is 1. The summed E-state index contributed by atoms with van der Waals surface area (Å²) < 4.78 is 13.2. The van der Waals surface area contributed by atoms with Crippen molar-refractivity contribution in [1.82, 2.24) is 5.32 Å². The van der Waals surface area contributed by atoms with Crippen LogP contribution in [0.5, 0.6) is 0 Å². The predicted octanol–water partition coefficient (Wildman–Crippen LogP) is 3.40. The van der Waals surface area contributed by atoms with E-state index in [4.69, 9.17) is 0 Å². The molecule has 4 nitrogen and oxygen atoms in total. The van der Waals surface area contributed by atoms with E-state index in [9.17, 15) is 14.5 Å². The highest BCUT2D eigenvalue weighted by molar-refractivity contribution is 5.40. The first-order valence-corrected chi connectivity index (χ1v) is 6.70. The van der Waals surface area contributed by atoms with Gasteiger partial charge >= 0.3 is 0 Å². The molecule has 0 unspecified atom stereocenters. The van der Waals surface area contributed by atoms with E-state index in [0.29, 0.717) is 17.5 Å². The van der Waals surface area contributed by atoms with Crippen molar-refractivity contribution in [2.75, 3.05) is 6.54 Å². The number of rotatable bonds is 7. The van der Waals surface area contributed by atoms with Crippen molar-refractivity contribution < 1.29 is 9.31 Å². The van der Waals surface area contributed by atoms with Gasteiger partial charge in [-0.1, -0.05) is 13.3 Å². The van der Waals surface area contributed by atoms with Crippen molar-refractivity contribution in [2.24, 2.45) is 5.41 Å². The van der Waals surface area contributed by atoms with Gasteiger partial charge in [-0.05, 0) is 36.8 Å². The van der Waals surface area contributed by atoms with Crippen molar-refractivity contribution in [3.8, 4) is 0 Å². The Labute approximate surface area is 112 Å². The molecule has 0 aliphatic heterocycles. The third kappa shape index (κ3) is 3.50. The lowest BCUT2D eigenvalue weighted by Gasteiger charge is -2.14. The Morgan fingerprint density at radius 2 is 2.21 bits per heavy atom. The van der Waals surface area contributed by atoms with Crippen LogP contribution < -0.4 is 5.32 Å². The summed E-state index contributed by atoms with van der Waals surface area (Å²) in [7, 11) is 0. The molecule has 0 aromatic heterocycles. The van der Waals surface area contributed by atoms with E-state index in [1.54, 1.807) is 0 Å². The van der Waals surface area contributed by atoms with Gasteiger partial charge in [0.2, 0.25) is 0 Å². The maximum Gasteiger partial charge on any atom is 0.274 e. The van der Waals surface area contributed by atoms with E-state index in [1.807, 2.05) is 0 Å². The minimum atomic E-state index is -0.463. The maximum absolute atomic E-state index is 13.2. The van der Waals surface area contributed by atoms with Gasteiger partial charge in [0, 0.05) is 24.7 Å². The molecule has 1 saturated carbocycles. The van der Waals surface area contributed by atoms with Gasteiger partial charge in [-0.25, -0.2) is 4.39 Å². The molecule has 2 rings (SSSR count). The van der Waals surface area contributed by atoms with Crippen LogP contribution >= 0.6 is 0 Å². The Bertz CT molecular complexity index is 473. The monoisotopic (exact) mass is 266 g/mol. The first-order chi connectivity index (χ1) is 9.06. The van der Waals surface area contributed by atoms with E-state index in [1.165, 1.54) is 31.4 Å². The number of benzene rings is 1. The first-order valence-electron chi connectivity index (χ1n) is 6.70. The number of nitrogens with one attached hydrogen (secondary N) is 1. The van der Waals surface area contributed by atoms with Crippen molar-refractivity contribution in [1.29, 1.82) is 0 Å². The van der Waals surface area contributed by atoms with Crippen LogP contribution in [0.1, 0.15) is 38.2 Å². The Kier molecular flexibility index (Phi) is 4.14. The molecule has 0 atom stereocenters. The molecule has 0 amide bonds. The van der Waals surface area contributed by atoms with Gasteiger partial charge in [-0.3, -0.25) is 10.1 Å². The summed E-state index contributed by atoms with van der Waals surface area (Å²) >= 11 is 0. The van der Waals surface area contributed by atoms with Crippen molar-refractivity contribution in [2.45, 2.75) is 39.2 Å². The lowest BCUT2D eigenvalue weighted by atomic mass is 10.0. The SMILES string of the molecule is CCCC1(CNCc2cc(F)ccc2[N+](=O)[O-])CC1. The van der Waals surface area contributed by atoms with Gasteiger partial charge in [0.25, 0.3) is 5.69 Å². The molecular formula is C14H19FN2O2. The van der Waals surface area contributed by atoms with Gasteiger partial charge in [-0.2, -0.15) is 0 Å². The van der Waals surface area contributed by atoms with Crippen LogP contribution in [0.25, 0.3) is 0 Å². The van der Waals surface area contributed by atoms with E-state index < -0.39 is 10.7 Å². The highest BCUT2D eigenvalue weighted by Crippen LogP contribution is 2.48. The summed E-state index contributed by atoms with van der Waals surface area (Å²) in [5.74, 6) is -0.433. The normalized spacial score (nSPS) is 16.3. The average Bonchev–Trinajstić information content (AvgIpc) is 3.09. The first kappa shape index (κ1) is 13.9. The zero-order valence-corrected chi connectivity index (χ0v) is 11.1. The number of halogens is 1. The minimum Gasteiger partial charge on any atom is -0.312 e. The van der Waals surface area contributed by atoms with Crippen LogP contribution in [-0.4, -0.2) is 11.5 Å². The molecule has 1 fully saturated rings. The van der Waals surface area contributed by atoms with Crippen molar-refractivity contribution in [3.63, 3.8) is 0 Å². The lowest BCUT2D eigenvalue weighted by Crippen LogP contribution is -2.24. The van der Waals surface area contributed by atoms with Crippen LogP contribution in [0.3, 0.4) is 0 Å². The summed E-state index contributed by atoms with van der Waals surface area (Å²) in [5.41, 5.74) is 0.781. The summed E-state index contributed by atoms with van der Waals surface area (Å²) in [6.07, 6.45) is 4.78. The fraction of sp³-hybridized carbons (Fsp3) is 0.571. The van der Waals surface area contributed by atoms with Crippen molar-refractivity contribution >= 4 is 5.69 Å². The highest BCUT2D eigenvalue weighted by atomic mass is 19.1. The molecular weight excluding hydrogens is 247 g/mol. The maximum atomic E-state index is 13.2. The lowest BCUT2D eigenvalue weighted by molar-refractivity contribution is -0.385. The van der Waals surface area contributed by atoms with Crippen LogP contribution in [0, 0.1) is 21.3 Å². The smallest absolute Gasteiger partial charge is 0.274 e. The van der Waals surface area contributed by atoms with Gasteiger partial charge in [0.05, 0.1) is 4.92 Å².